The van der Waals surface area contributed by atoms with Crippen LogP contribution in [-0.2, 0) is 9.59 Å². The zero-order valence-electron chi connectivity index (χ0n) is 11.7. The topological polar surface area (TPSA) is 84.0 Å². The molecule has 112 valence electrons. The average molecular weight is 315 g/mol. The number of H-pyrrole nitrogens is 1. The first-order chi connectivity index (χ1) is 10.5. The minimum Gasteiger partial charge on any atom is -0.322 e. The van der Waals surface area contributed by atoms with E-state index in [0.717, 1.165) is 0 Å². The van der Waals surface area contributed by atoms with Crippen LogP contribution in [0.25, 0.3) is 6.20 Å². The van der Waals surface area contributed by atoms with Crippen LogP contribution in [0, 0.1) is 4.77 Å². The molecule has 2 N–H and O–H groups in total. The van der Waals surface area contributed by atoms with Crippen molar-refractivity contribution in [2.24, 2.45) is 0 Å². The molecule has 2 aromatic rings. The second-order valence-corrected chi connectivity index (χ2v) is 4.82. The number of amides is 1. The lowest BCUT2D eigenvalue weighted by molar-refractivity contribution is -0.118. The summed E-state index contributed by atoms with van der Waals surface area (Å²) in [5.74, 6) is -0.965. The summed E-state index contributed by atoms with van der Waals surface area (Å²) < 4.78 is 1.43. The predicted octanol–water partition coefficient (Wildman–Crippen LogP) is 1.97. The number of Topliss-reactive ketones (excluding diaryl/α,β-unsaturated/α-hetero) is 1. The van der Waals surface area contributed by atoms with Crippen molar-refractivity contribution in [3.8, 4) is 0 Å². The van der Waals surface area contributed by atoms with Crippen LogP contribution < -0.4 is 10.9 Å². The fraction of sp³-hybridized carbons (Fsp3) is 0.0667. The van der Waals surface area contributed by atoms with Gasteiger partial charge in [-0.05, 0) is 31.3 Å². The standard InChI is InChI=1S/C15H13N3O3S/c1-10(19)12(9-18-8-7-13(20)17-15(18)22)14(21)16-11-5-3-2-4-6-11/h2-9H,1H3,(H,16,21)(H,17,20,22)/b12-9-. The number of carbonyl (C=O) groups is 2. The fourth-order valence-corrected chi connectivity index (χ4v) is 1.91. The van der Waals surface area contributed by atoms with Crippen LogP contribution in [-0.4, -0.2) is 21.2 Å². The summed E-state index contributed by atoms with van der Waals surface area (Å²) in [5.41, 5.74) is 0.143. The summed E-state index contributed by atoms with van der Waals surface area (Å²) in [5, 5.41) is 2.63. The van der Waals surface area contributed by atoms with Gasteiger partial charge in [-0.15, -0.1) is 0 Å². The molecule has 0 fully saturated rings. The molecule has 0 saturated heterocycles. The molecule has 0 spiro atoms. The molecule has 0 saturated carbocycles. The molecule has 1 amide bonds. The summed E-state index contributed by atoms with van der Waals surface area (Å²) in [6, 6.07) is 10.0. The fourth-order valence-electron chi connectivity index (χ4n) is 1.70. The van der Waals surface area contributed by atoms with Gasteiger partial charge in [0.2, 0.25) is 0 Å². The number of hydrogen-bond acceptors (Lipinski definition) is 4. The Morgan fingerprint density at radius 3 is 2.50 bits per heavy atom. The molecule has 22 heavy (non-hydrogen) atoms. The lowest BCUT2D eigenvalue weighted by atomic mass is 10.2. The van der Waals surface area contributed by atoms with Gasteiger partial charge in [0.05, 0.1) is 5.57 Å². The Kier molecular flexibility index (Phi) is 4.80. The molecular weight excluding hydrogens is 302 g/mol. The van der Waals surface area contributed by atoms with Crippen LogP contribution in [0.3, 0.4) is 0 Å². The third-order valence-corrected chi connectivity index (χ3v) is 3.09. The Hall–Kier alpha value is -2.80. The quantitative estimate of drug-likeness (QED) is 0.391. The summed E-state index contributed by atoms with van der Waals surface area (Å²) in [4.78, 5) is 37.5. The Labute approximate surface area is 131 Å². The highest BCUT2D eigenvalue weighted by Gasteiger charge is 2.15. The smallest absolute Gasteiger partial charge is 0.260 e. The third kappa shape index (κ3) is 3.86. The minimum atomic E-state index is -0.549. The predicted molar refractivity (Wildman–Crippen MR) is 85.9 cm³/mol. The number of ketones is 1. The lowest BCUT2D eigenvalue weighted by Crippen LogP contribution is -2.20. The van der Waals surface area contributed by atoms with Gasteiger partial charge >= 0.3 is 0 Å². The Morgan fingerprint density at radius 1 is 1.23 bits per heavy atom. The first-order valence-electron chi connectivity index (χ1n) is 6.38. The van der Waals surface area contributed by atoms with Gasteiger partial charge in [0, 0.05) is 24.2 Å². The van der Waals surface area contributed by atoms with E-state index >= 15 is 0 Å². The van der Waals surface area contributed by atoms with Crippen LogP contribution in [0.1, 0.15) is 6.92 Å². The van der Waals surface area contributed by atoms with E-state index in [1.165, 1.54) is 30.0 Å². The second-order valence-electron chi connectivity index (χ2n) is 4.44. The Morgan fingerprint density at radius 2 is 1.91 bits per heavy atom. The van der Waals surface area contributed by atoms with Crippen molar-refractivity contribution in [3.63, 3.8) is 0 Å². The molecule has 1 aromatic heterocycles. The molecule has 0 atom stereocenters. The molecule has 1 heterocycles. The van der Waals surface area contributed by atoms with Crippen molar-refractivity contribution >= 4 is 35.8 Å². The zero-order chi connectivity index (χ0) is 16.1. The van der Waals surface area contributed by atoms with Gasteiger partial charge in [0.1, 0.15) is 0 Å². The number of hydrogen-bond donors (Lipinski definition) is 2. The highest BCUT2D eigenvalue weighted by Crippen LogP contribution is 2.09. The van der Waals surface area contributed by atoms with Crippen LogP contribution in [0.4, 0.5) is 5.69 Å². The van der Waals surface area contributed by atoms with Crippen LogP contribution in [0.2, 0.25) is 0 Å². The van der Waals surface area contributed by atoms with E-state index in [0.29, 0.717) is 5.69 Å². The van der Waals surface area contributed by atoms with Gasteiger partial charge in [0.25, 0.3) is 11.5 Å². The average Bonchev–Trinajstić information content (AvgIpc) is 2.47. The lowest BCUT2D eigenvalue weighted by Gasteiger charge is -2.07. The molecule has 6 nitrogen and oxygen atoms in total. The SMILES string of the molecule is CC(=O)/C(=C/n1ccc(=O)[nH]c1=S)C(=O)Nc1ccccc1. The number of anilines is 1. The van der Waals surface area contributed by atoms with E-state index in [2.05, 4.69) is 10.3 Å². The number of aromatic nitrogens is 2. The molecule has 1 aromatic carbocycles. The van der Waals surface area contributed by atoms with Crippen molar-refractivity contribution in [1.29, 1.82) is 0 Å². The normalized spacial score (nSPS) is 11.0. The summed E-state index contributed by atoms with van der Waals surface area (Å²) in [6.45, 7) is 1.28. The molecule has 0 aliphatic carbocycles. The van der Waals surface area contributed by atoms with E-state index in [1.54, 1.807) is 24.3 Å². The molecule has 7 heteroatoms. The maximum Gasteiger partial charge on any atom is 0.260 e. The van der Waals surface area contributed by atoms with E-state index in [9.17, 15) is 14.4 Å². The van der Waals surface area contributed by atoms with Gasteiger partial charge < -0.3 is 5.32 Å². The number of nitrogens with zero attached hydrogens (tertiary/aromatic N) is 1. The molecule has 0 bridgehead atoms. The monoisotopic (exact) mass is 315 g/mol. The minimum absolute atomic E-state index is 0.0768. The zero-order valence-corrected chi connectivity index (χ0v) is 12.5. The summed E-state index contributed by atoms with van der Waals surface area (Å²) in [7, 11) is 0. The second kappa shape index (κ2) is 6.77. The molecule has 0 aliphatic rings. The first kappa shape index (κ1) is 15.6. The van der Waals surface area contributed by atoms with Gasteiger partial charge in [-0.3, -0.25) is 23.9 Å². The van der Waals surface area contributed by atoms with Crippen LogP contribution in [0.15, 0.2) is 53.0 Å². The van der Waals surface area contributed by atoms with Gasteiger partial charge in [-0.25, -0.2) is 0 Å². The third-order valence-electron chi connectivity index (χ3n) is 2.77. The van der Waals surface area contributed by atoms with E-state index in [-0.39, 0.29) is 15.9 Å². The van der Waals surface area contributed by atoms with Gasteiger partial charge in [0.15, 0.2) is 10.6 Å². The van der Waals surface area contributed by atoms with Crippen molar-refractivity contribution < 1.29 is 9.59 Å². The molecular formula is C15H13N3O3S. The van der Waals surface area contributed by atoms with E-state index < -0.39 is 11.7 Å². The Balaban J connectivity index is 2.35. The number of rotatable bonds is 4. The maximum absolute atomic E-state index is 12.2. The first-order valence-corrected chi connectivity index (χ1v) is 6.79. The number of nitrogens with one attached hydrogen (secondary N) is 2. The summed E-state index contributed by atoms with van der Waals surface area (Å²) in [6.07, 6.45) is 2.68. The molecule has 0 unspecified atom stereocenters. The van der Waals surface area contributed by atoms with Crippen LogP contribution >= 0.6 is 12.2 Å². The van der Waals surface area contributed by atoms with Gasteiger partial charge in [-0.1, -0.05) is 18.2 Å². The maximum atomic E-state index is 12.2. The molecule has 0 aliphatic heterocycles. The van der Waals surface area contributed by atoms with Crippen LogP contribution in [0.5, 0.6) is 0 Å². The summed E-state index contributed by atoms with van der Waals surface area (Å²) >= 11 is 4.98. The number of benzene rings is 1. The highest BCUT2D eigenvalue weighted by atomic mass is 32.1. The van der Waals surface area contributed by atoms with Crippen molar-refractivity contribution in [2.45, 2.75) is 6.92 Å². The highest BCUT2D eigenvalue weighted by molar-refractivity contribution is 7.71. The largest absolute Gasteiger partial charge is 0.322 e. The molecule has 0 radical (unpaired) electrons. The van der Waals surface area contributed by atoms with Gasteiger partial charge in [-0.2, -0.15) is 0 Å². The number of aromatic amines is 1. The van der Waals surface area contributed by atoms with Crippen molar-refractivity contribution in [2.75, 3.05) is 5.32 Å². The molecule has 2 rings (SSSR count). The van der Waals surface area contributed by atoms with E-state index in [1.807, 2.05) is 6.07 Å². The van der Waals surface area contributed by atoms with Crippen molar-refractivity contribution in [3.05, 3.63) is 63.3 Å². The van der Waals surface area contributed by atoms with Crippen molar-refractivity contribution in [1.82, 2.24) is 9.55 Å². The number of carbonyl (C=O) groups excluding carboxylic acids is 2. The number of para-hydroxylation sites is 1. The Bertz CT molecular complexity index is 850. The van der Waals surface area contributed by atoms with E-state index in [4.69, 9.17) is 12.2 Å².